The van der Waals surface area contributed by atoms with Crippen LogP contribution in [0.1, 0.15) is 12.5 Å². The van der Waals surface area contributed by atoms with Crippen molar-refractivity contribution in [2.45, 2.75) is 19.4 Å². The zero-order chi connectivity index (χ0) is 14.5. The number of aromatic nitrogens is 1. The molecule has 1 aromatic carbocycles. The third kappa shape index (κ3) is 3.00. The molecule has 5 heteroatoms. The summed E-state index contributed by atoms with van der Waals surface area (Å²) in [5.41, 5.74) is 8.11. The number of para-hydroxylation sites is 1. The highest BCUT2D eigenvalue weighted by Crippen LogP contribution is 2.19. The lowest BCUT2D eigenvalue weighted by molar-refractivity contribution is -0.132. The topological polar surface area (TPSA) is 82.3 Å². The molecule has 2 aromatic rings. The summed E-state index contributed by atoms with van der Waals surface area (Å²) in [6.45, 7) is 2.73. The Morgan fingerprint density at radius 2 is 2.20 bits per heavy atom. The zero-order valence-electron chi connectivity index (χ0n) is 11.7. The predicted molar refractivity (Wildman–Crippen MR) is 79.3 cm³/mol. The third-order valence-electron chi connectivity index (χ3n) is 3.50. The smallest absolute Gasteiger partial charge is 0.239 e. The molecule has 1 aromatic heterocycles. The second-order valence-electron chi connectivity index (χ2n) is 4.81. The number of nitrogens with zero attached hydrogens (tertiary/aromatic N) is 1. The van der Waals surface area contributed by atoms with Crippen molar-refractivity contribution in [2.24, 2.45) is 5.73 Å². The average Bonchev–Trinajstić information content (AvgIpc) is 2.87. The summed E-state index contributed by atoms with van der Waals surface area (Å²) in [5, 5.41) is 10.1. The first-order valence-corrected chi connectivity index (χ1v) is 6.87. The summed E-state index contributed by atoms with van der Waals surface area (Å²) >= 11 is 0. The van der Waals surface area contributed by atoms with Crippen molar-refractivity contribution in [1.82, 2.24) is 9.88 Å². The van der Waals surface area contributed by atoms with Gasteiger partial charge in [0.1, 0.15) is 0 Å². The Hall–Kier alpha value is -1.85. The maximum atomic E-state index is 12.2. The molecule has 0 radical (unpaired) electrons. The van der Waals surface area contributed by atoms with E-state index in [2.05, 4.69) is 4.98 Å². The van der Waals surface area contributed by atoms with Crippen LogP contribution in [0.3, 0.4) is 0 Å². The first-order valence-electron chi connectivity index (χ1n) is 6.87. The molecular formula is C15H21N3O2. The van der Waals surface area contributed by atoms with E-state index in [-0.39, 0.29) is 12.5 Å². The maximum absolute atomic E-state index is 12.2. The molecule has 1 atom stereocenters. The Kier molecular flexibility index (Phi) is 4.76. The number of aliphatic hydroxyl groups is 1. The molecule has 0 fully saturated rings. The lowest BCUT2D eigenvalue weighted by atomic mass is 10.0. The van der Waals surface area contributed by atoms with Gasteiger partial charge in [0, 0.05) is 30.2 Å². The number of fused-ring (bicyclic) bond motifs is 1. The van der Waals surface area contributed by atoms with E-state index in [1.54, 1.807) is 4.90 Å². The van der Waals surface area contributed by atoms with Gasteiger partial charge in [0.15, 0.2) is 0 Å². The highest BCUT2D eigenvalue weighted by molar-refractivity contribution is 5.86. The number of nitrogens with one attached hydrogen (secondary N) is 1. The second-order valence-corrected chi connectivity index (χ2v) is 4.81. The Morgan fingerprint density at radius 3 is 2.90 bits per heavy atom. The molecule has 0 aliphatic rings. The van der Waals surface area contributed by atoms with Gasteiger partial charge in [0.2, 0.25) is 5.91 Å². The van der Waals surface area contributed by atoms with Crippen LogP contribution in [-0.4, -0.2) is 46.6 Å². The maximum Gasteiger partial charge on any atom is 0.239 e. The van der Waals surface area contributed by atoms with E-state index in [0.29, 0.717) is 19.5 Å². The molecule has 0 saturated heterocycles. The Labute approximate surface area is 118 Å². The molecule has 0 spiro atoms. The first kappa shape index (κ1) is 14.6. The van der Waals surface area contributed by atoms with Crippen molar-refractivity contribution >= 4 is 16.8 Å². The van der Waals surface area contributed by atoms with Gasteiger partial charge >= 0.3 is 0 Å². The van der Waals surface area contributed by atoms with Gasteiger partial charge in [-0.25, -0.2) is 0 Å². The van der Waals surface area contributed by atoms with Crippen LogP contribution in [-0.2, 0) is 11.2 Å². The van der Waals surface area contributed by atoms with Gasteiger partial charge in [-0.05, 0) is 25.0 Å². The minimum atomic E-state index is -0.583. The van der Waals surface area contributed by atoms with Crippen LogP contribution in [0.15, 0.2) is 30.5 Å². The number of hydrogen-bond acceptors (Lipinski definition) is 3. The van der Waals surface area contributed by atoms with Crippen molar-refractivity contribution in [3.63, 3.8) is 0 Å². The average molecular weight is 275 g/mol. The Bertz CT molecular complexity index is 579. The van der Waals surface area contributed by atoms with E-state index in [4.69, 9.17) is 10.8 Å². The molecule has 0 saturated carbocycles. The van der Waals surface area contributed by atoms with Gasteiger partial charge in [-0.2, -0.15) is 0 Å². The minimum absolute atomic E-state index is 0.0423. The van der Waals surface area contributed by atoms with Crippen LogP contribution in [0.4, 0.5) is 0 Å². The SMILES string of the molecule is CCN(CCO)C(=O)[C@@H](N)Cc1c[nH]c2ccccc12. The number of hydrogen-bond donors (Lipinski definition) is 3. The fourth-order valence-electron chi connectivity index (χ4n) is 2.40. The quantitative estimate of drug-likeness (QED) is 0.732. The minimum Gasteiger partial charge on any atom is -0.395 e. The van der Waals surface area contributed by atoms with Gasteiger partial charge in [-0.15, -0.1) is 0 Å². The number of amides is 1. The molecule has 5 nitrogen and oxygen atoms in total. The van der Waals surface area contributed by atoms with E-state index < -0.39 is 6.04 Å². The number of H-pyrrole nitrogens is 1. The van der Waals surface area contributed by atoms with Crippen LogP contribution < -0.4 is 5.73 Å². The number of carbonyl (C=O) groups is 1. The van der Waals surface area contributed by atoms with Crippen molar-refractivity contribution in [2.75, 3.05) is 19.7 Å². The van der Waals surface area contributed by atoms with Crippen molar-refractivity contribution in [1.29, 1.82) is 0 Å². The standard InChI is InChI=1S/C15H21N3O2/c1-2-18(7-8-19)15(20)13(16)9-11-10-17-14-6-4-3-5-12(11)14/h3-6,10,13,17,19H,2,7-9,16H2,1H3/t13-/m0/s1. The molecule has 108 valence electrons. The number of benzene rings is 1. The summed E-state index contributed by atoms with van der Waals surface area (Å²) < 4.78 is 0. The van der Waals surface area contributed by atoms with Crippen LogP contribution in [0, 0.1) is 0 Å². The van der Waals surface area contributed by atoms with Gasteiger partial charge in [-0.1, -0.05) is 18.2 Å². The number of carbonyl (C=O) groups excluding carboxylic acids is 1. The molecule has 0 unspecified atom stereocenters. The Morgan fingerprint density at radius 1 is 1.45 bits per heavy atom. The molecule has 0 aliphatic heterocycles. The molecule has 0 aliphatic carbocycles. The van der Waals surface area contributed by atoms with Crippen LogP contribution in [0.5, 0.6) is 0 Å². The van der Waals surface area contributed by atoms with Gasteiger partial charge in [0.25, 0.3) is 0 Å². The fraction of sp³-hybridized carbons (Fsp3) is 0.400. The summed E-state index contributed by atoms with van der Waals surface area (Å²) in [6.07, 6.45) is 2.39. The Balaban J connectivity index is 2.11. The van der Waals surface area contributed by atoms with E-state index >= 15 is 0 Å². The fourth-order valence-corrected chi connectivity index (χ4v) is 2.40. The number of rotatable bonds is 6. The predicted octanol–water partition coefficient (Wildman–Crippen LogP) is 0.879. The van der Waals surface area contributed by atoms with E-state index in [1.807, 2.05) is 37.4 Å². The van der Waals surface area contributed by atoms with Gasteiger partial charge < -0.3 is 20.7 Å². The van der Waals surface area contributed by atoms with E-state index in [9.17, 15) is 4.79 Å². The lowest BCUT2D eigenvalue weighted by Gasteiger charge is -2.23. The summed E-state index contributed by atoms with van der Waals surface area (Å²) in [4.78, 5) is 17.0. The number of nitrogens with two attached hydrogens (primary N) is 1. The van der Waals surface area contributed by atoms with Gasteiger partial charge in [-0.3, -0.25) is 4.79 Å². The third-order valence-corrected chi connectivity index (χ3v) is 3.50. The summed E-state index contributed by atoms with van der Waals surface area (Å²) in [6, 6.07) is 7.37. The molecular weight excluding hydrogens is 254 g/mol. The molecule has 4 N–H and O–H groups in total. The number of likely N-dealkylation sites (N-methyl/N-ethyl adjacent to an activating group) is 1. The highest BCUT2D eigenvalue weighted by Gasteiger charge is 2.20. The summed E-state index contributed by atoms with van der Waals surface area (Å²) in [7, 11) is 0. The van der Waals surface area contributed by atoms with Crippen LogP contribution >= 0.6 is 0 Å². The zero-order valence-corrected chi connectivity index (χ0v) is 11.7. The molecule has 1 heterocycles. The monoisotopic (exact) mass is 275 g/mol. The number of aromatic amines is 1. The largest absolute Gasteiger partial charge is 0.395 e. The van der Waals surface area contributed by atoms with Crippen LogP contribution in [0.25, 0.3) is 10.9 Å². The van der Waals surface area contributed by atoms with E-state index in [0.717, 1.165) is 16.5 Å². The molecule has 2 rings (SSSR count). The summed E-state index contributed by atoms with van der Waals surface area (Å²) in [5.74, 6) is -0.119. The van der Waals surface area contributed by atoms with Crippen molar-refractivity contribution in [3.8, 4) is 0 Å². The highest BCUT2D eigenvalue weighted by atomic mass is 16.3. The number of aliphatic hydroxyl groups excluding tert-OH is 1. The normalized spacial score (nSPS) is 12.6. The van der Waals surface area contributed by atoms with Crippen molar-refractivity contribution < 1.29 is 9.90 Å². The molecule has 20 heavy (non-hydrogen) atoms. The van der Waals surface area contributed by atoms with Crippen LogP contribution in [0.2, 0.25) is 0 Å². The molecule has 1 amide bonds. The lowest BCUT2D eigenvalue weighted by Crippen LogP contribution is -2.45. The first-order chi connectivity index (χ1) is 9.67. The van der Waals surface area contributed by atoms with Gasteiger partial charge in [0.05, 0.1) is 12.6 Å². The molecule has 0 bridgehead atoms. The van der Waals surface area contributed by atoms with E-state index in [1.165, 1.54) is 0 Å². The second kappa shape index (κ2) is 6.54. The van der Waals surface area contributed by atoms with Crippen molar-refractivity contribution in [3.05, 3.63) is 36.0 Å².